The van der Waals surface area contributed by atoms with Gasteiger partial charge in [-0.2, -0.15) is 0 Å². The minimum absolute atomic E-state index is 0.0184. The van der Waals surface area contributed by atoms with Gasteiger partial charge in [0.15, 0.2) is 0 Å². The number of aromatic nitrogens is 3. The van der Waals surface area contributed by atoms with Crippen molar-refractivity contribution in [2.75, 3.05) is 6.54 Å². The van der Waals surface area contributed by atoms with E-state index >= 15 is 0 Å². The molecule has 1 aliphatic rings. The molecule has 0 bridgehead atoms. The molecule has 28 heavy (non-hydrogen) atoms. The fourth-order valence-corrected chi connectivity index (χ4v) is 3.27. The normalized spacial score (nSPS) is 13.2. The molecule has 1 aromatic carbocycles. The van der Waals surface area contributed by atoms with Gasteiger partial charge in [0.25, 0.3) is 5.56 Å². The minimum atomic E-state index is -0.475. The third-order valence-electron chi connectivity index (χ3n) is 4.83. The van der Waals surface area contributed by atoms with Crippen molar-refractivity contribution in [1.82, 2.24) is 19.4 Å². The zero-order valence-electron chi connectivity index (χ0n) is 15.1. The van der Waals surface area contributed by atoms with Crippen LogP contribution in [0.5, 0.6) is 0 Å². The van der Waals surface area contributed by atoms with Crippen molar-refractivity contribution in [2.24, 2.45) is 5.73 Å². The van der Waals surface area contributed by atoms with Crippen LogP contribution in [-0.4, -0.2) is 37.8 Å². The molecular weight excluding hydrogens is 358 g/mol. The largest absolute Gasteiger partial charge is 0.366 e. The van der Waals surface area contributed by atoms with Crippen LogP contribution in [0.3, 0.4) is 0 Å². The van der Waals surface area contributed by atoms with E-state index in [1.165, 1.54) is 10.6 Å². The molecular formula is C20H19N5O3. The quantitative estimate of drug-likeness (QED) is 0.704. The van der Waals surface area contributed by atoms with Crippen LogP contribution in [-0.2, 0) is 24.3 Å². The van der Waals surface area contributed by atoms with Crippen LogP contribution in [0.2, 0.25) is 0 Å². The molecule has 3 aromatic rings. The molecule has 8 nitrogen and oxygen atoms in total. The molecule has 2 amide bonds. The first-order valence-corrected chi connectivity index (χ1v) is 8.92. The van der Waals surface area contributed by atoms with Crippen LogP contribution in [0, 0.1) is 0 Å². The molecule has 0 aliphatic carbocycles. The SMILES string of the molecule is NC(=O)c1ccc(-c2nc3c([nH]2)CN(C(=O)Cn2ccccc2=O)CC3)cc1. The number of benzene rings is 1. The number of imidazole rings is 1. The van der Waals surface area contributed by atoms with Crippen molar-refractivity contribution in [1.29, 1.82) is 0 Å². The zero-order chi connectivity index (χ0) is 19.7. The number of hydrogen-bond acceptors (Lipinski definition) is 4. The Labute approximate surface area is 160 Å². The van der Waals surface area contributed by atoms with Gasteiger partial charge < -0.3 is 20.2 Å². The molecule has 0 spiro atoms. The molecule has 1 aliphatic heterocycles. The standard InChI is InChI=1S/C20H19N5O3/c21-19(28)13-4-6-14(7-5-13)20-22-15-8-10-25(11-16(15)23-20)18(27)12-24-9-2-1-3-17(24)26/h1-7,9H,8,10-12H2,(H2,21,28)(H,22,23). The number of H-pyrrole nitrogens is 1. The van der Waals surface area contributed by atoms with Crippen LogP contribution in [0.15, 0.2) is 53.5 Å². The van der Waals surface area contributed by atoms with E-state index in [0.29, 0.717) is 30.9 Å². The van der Waals surface area contributed by atoms with Gasteiger partial charge in [-0.1, -0.05) is 18.2 Å². The Balaban J connectivity index is 1.50. The van der Waals surface area contributed by atoms with Crippen molar-refractivity contribution in [3.05, 3.63) is 76.0 Å². The van der Waals surface area contributed by atoms with Gasteiger partial charge in [-0.25, -0.2) is 4.98 Å². The molecule has 0 unspecified atom stereocenters. The number of carbonyl (C=O) groups excluding carboxylic acids is 2. The molecule has 0 saturated heterocycles. The minimum Gasteiger partial charge on any atom is -0.366 e. The summed E-state index contributed by atoms with van der Waals surface area (Å²) < 4.78 is 1.40. The van der Waals surface area contributed by atoms with E-state index in [1.807, 2.05) is 0 Å². The number of nitrogens with zero attached hydrogens (tertiary/aromatic N) is 3. The van der Waals surface area contributed by atoms with E-state index in [2.05, 4.69) is 9.97 Å². The summed E-state index contributed by atoms with van der Waals surface area (Å²) in [6.45, 7) is 0.991. The Morgan fingerprint density at radius 2 is 1.93 bits per heavy atom. The lowest BCUT2D eigenvalue weighted by atomic mass is 10.1. The molecule has 0 radical (unpaired) electrons. The van der Waals surface area contributed by atoms with Gasteiger partial charge in [-0.05, 0) is 18.2 Å². The Morgan fingerprint density at radius 3 is 2.64 bits per heavy atom. The first kappa shape index (κ1) is 17.7. The summed E-state index contributed by atoms with van der Waals surface area (Å²) in [4.78, 5) is 45.2. The molecule has 8 heteroatoms. The van der Waals surface area contributed by atoms with Gasteiger partial charge >= 0.3 is 0 Å². The van der Waals surface area contributed by atoms with E-state index in [0.717, 1.165) is 17.0 Å². The number of amides is 2. The number of carbonyl (C=O) groups is 2. The van der Waals surface area contributed by atoms with Crippen molar-refractivity contribution in [3.8, 4) is 11.4 Å². The van der Waals surface area contributed by atoms with Gasteiger partial charge in [0.1, 0.15) is 12.4 Å². The summed E-state index contributed by atoms with van der Waals surface area (Å²) in [5, 5.41) is 0. The Hall–Kier alpha value is -3.68. The first-order valence-electron chi connectivity index (χ1n) is 8.92. The molecule has 0 saturated carbocycles. The van der Waals surface area contributed by atoms with Gasteiger partial charge in [-0.15, -0.1) is 0 Å². The average molecular weight is 377 g/mol. The fourth-order valence-electron chi connectivity index (χ4n) is 3.27. The summed E-state index contributed by atoms with van der Waals surface area (Å²) in [7, 11) is 0. The number of nitrogens with two attached hydrogens (primary N) is 1. The highest BCUT2D eigenvalue weighted by Gasteiger charge is 2.24. The van der Waals surface area contributed by atoms with Crippen LogP contribution < -0.4 is 11.3 Å². The zero-order valence-corrected chi connectivity index (χ0v) is 15.1. The van der Waals surface area contributed by atoms with Crippen molar-refractivity contribution < 1.29 is 9.59 Å². The van der Waals surface area contributed by atoms with E-state index in [-0.39, 0.29) is 18.0 Å². The lowest BCUT2D eigenvalue weighted by Gasteiger charge is -2.26. The van der Waals surface area contributed by atoms with Crippen LogP contribution in [0.25, 0.3) is 11.4 Å². The number of pyridine rings is 1. The third kappa shape index (κ3) is 3.44. The molecule has 0 fully saturated rings. The highest BCUT2D eigenvalue weighted by Crippen LogP contribution is 2.23. The number of primary amides is 1. The second-order valence-corrected chi connectivity index (χ2v) is 6.68. The second-order valence-electron chi connectivity index (χ2n) is 6.68. The van der Waals surface area contributed by atoms with Crippen molar-refractivity contribution in [3.63, 3.8) is 0 Å². The molecule has 4 rings (SSSR count). The second kappa shape index (κ2) is 7.15. The number of nitrogens with one attached hydrogen (secondary N) is 1. The first-order chi connectivity index (χ1) is 13.5. The topological polar surface area (TPSA) is 114 Å². The van der Waals surface area contributed by atoms with E-state index in [4.69, 9.17) is 5.73 Å². The summed E-state index contributed by atoms with van der Waals surface area (Å²) >= 11 is 0. The molecule has 142 valence electrons. The van der Waals surface area contributed by atoms with Crippen LogP contribution in [0.4, 0.5) is 0 Å². The Morgan fingerprint density at radius 1 is 1.14 bits per heavy atom. The number of rotatable bonds is 4. The predicted octanol–water partition coefficient (Wildman–Crippen LogP) is 0.922. The molecule has 0 atom stereocenters. The summed E-state index contributed by atoms with van der Waals surface area (Å²) in [6, 6.07) is 11.7. The highest BCUT2D eigenvalue weighted by atomic mass is 16.2. The lowest BCUT2D eigenvalue weighted by molar-refractivity contribution is -0.132. The summed E-state index contributed by atoms with van der Waals surface area (Å²) in [5.74, 6) is 0.104. The number of aromatic amines is 1. The van der Waals surface area contributed by atoms with Crippen LogP contribution in [0.1, 0.15) is 21.7 Å². The van der Waals surface area contributed by atoms with Crippen molar-refractivity contribution in [2.45, 2.75) is 19.5 Å². The maximum absolute atomic E-state index is 12.6. The van der Waals surface area contributed by atoms with Crippen molar-refractivity contribution >= 4 is 11.8 Å². The van der Waals surface area contributed by atoms with E-state index in [9.17, 15) is 14.4 Å². The fraction of sp³-hybridized carbons (Fsp3) is 0.200. The molecule has 3 N–H and O–H groups in total. The van der Waals surface area contributed by atoms with Gasteiger partial charge in [-0.3, -0.25) is 14.4 Å². The molecule has 2 aromatic heterocycles. The lowest BCUT2D eigenvalue weighted by Crippen LogP contribution is -2.39. The van der Waals surface area contributed by atoms with Gasteiger partial charge in [0.2, 0.25) is 11.8 Å². The average Bonchev–Trinajstić information content (AvgIpc) is 3.13. The third-order valence-corrected chi connectivity index (χ3v) is 4.83. The summed E-state index contributed by atoms with van der Waals surface area (Å²) in [6.07, 6.45) is 2.25. The van der Waals surface area contributed by atoms with Gasteiger partial charge in [0.05, 0.1) is 17.9 Å². The number of fused-ring (bicyclic) bond motifs is 1. The Bertz CT molecular complexity index is 1100. The Kier molecular flexibility index (Phi) is 4.52. The smallest absolute Gasteiger partial charge is 0.250 e. The van der Waals surface area contributed by atoms with E-state index in [1.54, 1.807) is 47.5 Å². The highest BCUT2D eigenvalue weighted by molar-refractivity contribution is 5.93. The number of hydrogen-bond donors (Lipinski definition) is 2. The van der Waals surface area contributed by atoms with Gasteiger partial charge in [0, 0.05) is 36.4 Å². The van der Waals surface area contributed by atoms with Crippen LogP contribution >= 0.6 is 0 Å². The monoisotopic (exact) mass is 377 g/mol. The summed E-state index contributed by atoms with van der Waals surface area (Å²) in [5.41, 5.74) is 8.16. The molecule has 3 heterocycles. The van der Waals surface area contributed by atoms with E-state index < -0.39 is 5.91 Å². The maximum atomic E-state index is 12.6. The predicted molar refractivity (Wildman–Crippen MR) is 102 cm³/mol. The maximum Gasteiger partial charge on any atom is 0.250 e.